The van der Waals surface area contributed by atoms with Crippen molar-refractivity contribution in [2.75, 3.05) is 13.7 Å². The topological polar surface area (TPSA) is 44.8 Å². The normalized spacial score (nSPS) is 9.78. The third-order valence-electron chi connectivity index (χ3n) is 2.97. The standard InChI is InChI=1S/C18H15FO4/c1-3-9-22-18(20)14-7-8-16(17(11-14)21-2)23-12-13-5-4-6-15(19)10-13/h1,4-8,10-11H,9,12H2,2H3. The van der Waals surface area contributed by atoms with Crippen molar-refractivity contribution in [2.45, 2.75) is 6.61 Å². The zero-order valence-corrected chi connectivity index (χ0v) is 12.5. The third kappa shape index (κ3) is 4.48. The van der Waals surface area contributed by atoms with E-state index in [1.807, 2.05) is 0 Å². The van der Waals surface area contributed by atoms with Crippen LogP contribution in [0.3, 0.4) is 0 Å². The van der Waals surface area contributed by atoms with Crippen molar-refractivity contribution in [3.63, 3.8) is 0 Å². The zero-order valence-electron chi connectivity index (χ0n) is 12.5. The number of halogens is 1. The molecule has 0 aliphatic carbocycles. The number of benzene rings is 2. The summed E-state index contributed by atoms with van der Waals surface area (Å²) in [7, 11) is 1.46. The van der Waals surface area contributed by atoms with E-state index in [1.54, 1.807) is 24.3 Å². The first kappa shape index (κ1) is 16.4. The summed E-state index contributed by atoms with van der Waals surface area (Å²) in [6.45, 7) is 0.0774. The van der Waals surface area contributed by atoms with Gasteiger partial charge in [0.2, 0.25) is 0 Å². The van der Waals surface area contributed by atoms with Crippen LogP contribution in [0.5, 0.6) is 11.5 Å². The van der Waals surface area contributed by atoms with Crippen LogP contribution in [-0.4, -0.2) is 19.7 Å². The predicted octanol–water partition coefficient (Wildman–Crippen LogP) is 3.20. The highest BCUT2D eigenvalue weighted by Gasteiger charge is 2.12. The molecule has 0 radical (unpaired) electrons. The fraction of sp³-hybridized carbons (Fsp3) is 0.167. The molecule has 0 amide bonds. The molecular formula is C18H15FO4. The van der Waals surface area contributed by atoms with Gasteiger partial charge in [0, 0.05) is 0 Å². The van der Waals surface area contributed by atoms with Gasteiger partial charge >= 0.3 is 5.97 Å². The van der Waals surface area contributed by atoms with Crippen LogP contribution in [0.25, 0.3) is 0 Å². The Kier molecular flexibility index (Phi) is 5.59. The number of carbonyl (C=O) groups is 1. The Balaban J connectivity index is 2.10. The van der Waals surface area contributed by atoms with Crippen LogP contribution >= 0.6 is 0 Å². The molecule has 2 aromatic carbocycles. The first-order valence-electron chi connectivity index (χ1n) is 6.80. The lowest BCUT2D eigenvalue weighted by Crippen LogP contribution is -2.06. The molecule has 0 saturated heterocycles. The van der Waals surface area contributed by atoms with Crippen LogP contribution in [0.1, 0.15) is 15.9 Å². The molecule has 4 nitrogen and oxygen atoms in total. The minimum atomic E-state index is -0.544. The SMILES string of the molecule is C#CCOC(=O)c1ccc(OCc2cccc(F)c2)c(OC)c1. The summed E-state index contributed by atoms with van der Waals surface area (Å²) in [5.41, 5.74) is 0.986. The van der Waals surface area contributed by atoms with Crippen molar-refractivity contribution in [2.24, 2.45) is 0 Å². The number of esters is 1. The van der Waals surface area contributed by atoms with Gasteiger partial charge in [-0.25, -0.2) is 9.18 Å². The molecule has 0 unspecified atom stereocenters. The summed E-state index contributed by atoms with van der Waals surface area (Å²) in [5, 5.41) is 0. The molecule has 2 aromatic rings. The maximum Gasteiger partial charge on any atom is 0.339 e. The molecule has 0 aliphatic rings. The van der Waals surface area contributed by atoms with E-state index in [0.717, 1.165) is 0 Å². The molecule has 0 atom stereocenters. The van der Waals surface area contributed by atoms with Crippen LogP contribution in [0.15, 0.2) is 42.5 Å². The number of carbonyl (C=O) groups excluding carboxylic acids is 1. The summed E-state index contributed by atoms with van der Waals surface area (Å²) < 4.78 is 28.8. The molecule has 0 bridgehead atoms. The van der Waals surface area contributed by atoms with Crippen LogP contribution in [-0.2, 0) is 11.3 Å². The number of methoxy groups -OCH3 is 1. The van der Waals surface area contributed by atoms with Gasteiger partial charge in [0.25, 0.3) is 0 Å². The van der Waals surface area contributed by atoms with Crippen LogP contribution in [0.2, 0.25) is 0 Å². The van der Waals surface area contributed by atoms with Gasteiger partial charge in [-0.3, -0.25) is 0 Å². The van der Waals surface area contributed by atoms with Gasteiger partial charge in [0.1, 0.15) is 12.4 Å². The lowest BCUT2D eigenvalue weighted by molar-refractivity contribution is 0.0556. The van der Waals surface area contributed by atoms with E-state index in [-0.39, 0.29) is 19.0 Å². The van der Waals surface area contributed by atoms with Crippen molar-refractivity contribution in [1.82, 2.24) is 0 Å². The van der Waals surface area contributed by atoms with E-state index in [2.05, 4.69) is 5.92 Å². The number of hydrogen-bond acceptors (Lipinski definition) is 4. The maximum atomic E-state index is 13.1. The molecule has 5 heteroatoms. The Labute approximate surface area is 133 Å². The molecule has 0 saturated carbocycles. The molecule has 0 heterocycles. The molecule has 23 heavy (non-hydrogen) atoms. The number of rotatable bonds is 6. The number of hydrogen-bond donors (Lipinski definition) is 0. The largest absolute Gasteiger partial charge is 0.493 e. The van der Waals surface area contributed by atoms with Gasteiger partial charge in [-0.2, -0.15) is 0 Å². The summed E-state index contributed by atoms with van der Waals surface area (Å²) in [6.07, 6.45) is 5.04. The quantitative estimate of drug-likeness (QED) is 0.607. The smallest absolute Gasteiger partial charge is 0.339 e. The van der Waals surface area contributed by atoms with Crippen LogP contribution in [0, 0.1) is 18.2 Å². The third-order valence-corrected chi connectivity index (χ3v) is 2.97. The fourth-order valence-electron chi connectivity index (χ4n) is 1.89. The van der Waals surface area contributed by atoms with Gasteiger partial charge in [-0.1, -0.05) is 18.1 Å². The molecule has 0 aromatic heterocycles. The van der Waals surface area contributed by atoms with E-state index < -0.39 is 5.97 Å². The Morgan fingerprint density at radius 3 is 2.74 bits per heavy atom. The summed E-state index contributed by atoms with van der Waals surface area (Å²) >= 11 is 0. The molecule has 118 valence electrons. The summed E-state index contributed by atoms with van der Waals surface area (Å²) in [6, 6.07) is 10.7. The molecule has 0 N–H and O–H groups in total. The van der Waals surface area contributed by atoms with Crippen LogP contribution in [0.4, 0.5) is 4.39 Å². The van der Waals surface area contributed by atoms with Gasteiger partial charge in [-0.05, 0) is 35.9 Å². The van der Waals surface area contributed by atoms with Crippen molar-refractivity contribution < 1.29 is 23.4 Å². The minimum Gasteiger partial charge on any atom is -0.493 e. The average Bonchev–Trinajstić information content (AvgIpc) is 2.57. The van der Waals surface area contributed by atoms with E-state index in [9.17, 15) is 9.18 Å². The van der Waals surface area contributed by atoms with Gasteiger partial charge in [-0.15, -0.1) is 6.42 Å². The average molecular weight is 314 g/mol. The van der Waals surface area contributed by atoms with E-state index in [4.69, 9.17) is 20.6 Å². The number of terminal acetylenes is 1. The number of ether oxygens (including phenoxy) is 3. The molecule has 2 rings (SSSR count). The first-order valence-corrected chi connectivity index (χ1v) is 6.80. The lowest BCUT2D eigenvalue weighted by atomic mass is 10.2. The zero-order chi connectivity index (χ0) is 16.7. The first-order chi connectivity index (χ1) is 11.1. The van der Waals surface area contributed by atoms with E-state index in [1.165, 1.54) is 25.3 Å². The van der Waals surface area contributed by atoms with Gasteiger partial charge in [0.15, 0.2) is 18.1 Å². The minimum absolute atomic E-state index is 0.0982. The Morgan fingerprint density at radius 2 is 2.04 bits per heavy atom. The van der Waals surface area contributed by atoms with Crippen LogP contribution < -0.4 is 9.47 Å². The summed E-state index contributed by atoms with van der Waals surface area (Å²) in [5.74, 6) is 2.16. The highest BCUT2D eigenvalue weighted by molar-refractivity contribution is 5.90. The van der Waals surface area contributed by atoms with Gasteiger partial charge < -0.3 is 14.2 Å². The fourth-order valence-corrected chi connectivity index (χ4v) is 1.89. The van der Waals surface area contributed by atoms with Crippen molar-refractivity contribution >= 4 is 5.97 Å². The van der Waals surface area contributed by atoms with E-state index >= 15 is 0 Å². The Bertz CT molecular complexity index is 734. The second-order valence-corrected chi connectivity index (χ2v) is 4.56. The lowest BCUT2D eigenvalue weighted by Gasteiger charge is -2.12. The summed E-state index contributed by atoms with van der Waals surface area (Å²) in [4.78, 5) is 11.7. The highest BCUT2D eigenvalue weighted by atomic mass is 19.1. The molecule has 0 spiro atoms. The molecular weight excluding hydrogens is 299 g/mol. The van der Waals surface area contributed by atoms with Crippen molar-refractivity contribution in [1.29, 1.82) is 0 Å². The Hall–Kier alpha value is -3.00. The predicted molar refractivity (Wildman–Crippen MR) is 82.8 cm³/mol. The molecule has 0 fully saturated rings. The van der Waals surface area contributed by atoms with Crippen molar-refractivity contribution in [3.8, 4) is 23.8 Å². The van der Waals surface area contributed by atoms with Crippen molar-refractivity contribution in [3.05, 3.63) is 59.4 Å². The highest BCUT2D eigenvalue weighted by Crippen LogP contribution is 2.29. The molecule has 0 aliphatic heterocycles. The second kappa shape index (κ2) is 7.85. The van der Waals surface area contributed by atoms with E-state index in [0.29, 0.717) is 22.6 Å². The second-order valence-electron chi connectivity index (χ2n) is 4.56. The maximum absolute atomic E-state index is 13.1. The monoisotopic (exact) mass is 314 g/mol. The van der Waals surface area contributed by atoms with Gasteiger partial charge in [0.05, 0.1) is 12.7 Å². The Morgan fingerprint density at radius 1 is 1.22 bits per heavy atom.